The van der Waals surface area contributed by atoms with E-state index in [1.807, 2.05) is 38.2 Å². The third-order valence-electron chi connectivity index (χ3n) is 2.42. The molecule has 0 unspecified atom stereocenters. The van der Waals surface area contributed by atoms with Gasteiger partial charge in [-0.15, -0.1) is 11.3 Å². The molecule has 1 N–H and O–H groups in total. The zero-order chi connectivity index (χ0) is 12.3. The molecule has 86 valence electrons. The van der Waals surface area contributed by atoms with Gasteiger partial charge in [0.15, 0.2) is 0 Å². The molecule has 0 bridgehead atoms. The van der Waals surface area contributed by atoms with Gasteiger partial charge in [-0.05, 0) is 31.5 Å². The summed E-state index contributed by atoms with van der Waals surface area (Å²) in [6, 6.07) is 8.04. The molecule has 2 aromatic rings. The molecule has 17 heavy (non-hydrogen) atoms. The van der Waals surface area contributed by atoms with Crippen molar-refractivity contribution >= 4 is 17.0 Å². The molecule has 0 radical (unpaired) electrons. The quantitative estimate of drug-likeness (QED) is 0.900. The van der Waals surface area contributed by atoms with Crippen molar-refractivity contribution in [3.63, 3.8) is 0 Å². The highest BCUT2D eigenvalue weighted by Gasteiger charge is 2.03. The highest BCUT2D eigenvalue weighted by molar-refractivity contribution is 7.11. The molecular formula is C13H13N3S. The number of hydrogen-bond acceptors (Lipinski definition) is 4. The molecular weight excluding hydrogens is 230 g/mol. The van der Waals surface area contributed by atoms with Crippen molar-refractivity contribution in [2.24, 2.45) is 0 Å². The van der Waals surface area contributed by atoms with Crippen molar-refractivity contribution in [2.45, 2.75) is 20.4 Å². The number of anilines is 1. The van der Waals surface area contributed by atoms with Crippen molar-refractivity contribution in [1.82, 2.24) is 4.98 Å². The Kier molecular flexibility index (Phi) is 3.40. The largest absolute Gasteiger partial charge is 0.379 e. The lowest BCUT2D eigenvalue weighted by atomic mass is 10.1. The van der Waals surface area contributed by atoms with Gasteiger partial charge in [-0.2, -0.15) is 5.26 Å². The van der Waals surface area contributed by atoms with E-state index in [9.17, 15) is 0 Å². The van der Waals surface area contributed by atoms with Crippen LogP contribution in [0.15, 0.2) is 24.4 Å². The minimum absolute atomic E-state index is 0.686. The molecule has 0 spiro atoms. The molecule has 0 atom stereocenters. The summed E-state index contributed by atoms with van der Waals surface area (Å²) in [7, 11) is 0. The third-order valence-corrected chi connectivity index (χ3v) is 3.33. The van der Waals surface area contributed by atoms with E-state index in [2.05, 4.69) is 16.4 Å². The number of nitriles is 1. The molecule has 4 heteroatoms. The summed E-state index contributed by atoms with van der Waals surface area (Å²) < 4.78 is 0. The first-order chi connectivity index (χ1) is 8.19. The highest BCUT2D eigenvalue weighted by Crippen LogP contribution is 2.19. The summed E-state index contributed by atoms with van der Waals surface area (Å²) in [5, 5.41) is 13.4. The van der Waals surface area contributed by atoms with Crippen LogP contribution >= 0.6 is 11.3 Å². The number of nitrogens with one attached hydrogen (secondary N) is 1. The van der Waals surface area contributed by atoms with Gasteiger partial charge in [0.05, 0.1) is 22.8 Å². The summed E-state index contributed by atoms with van der Waals surface area (Å²) in [6.45, 7) is 4.68. The lowest BCUT2D eigenvalue weighted by Crippen LogP contribution is -1.99. The van der Waals surface area contributed by atoms with Gasteiger partial charge < -0.3 is 5.32 Å². The van der Waals surface area contributed by atoms with Gasteiger partial charge in [-0.3, -0.25) is 0 Å². The molecule has 0 saturated carbocycles. The van der Waals surface area contributed by atoms with Crippen molar-refractivity contribution in [3.05, 3.63) is 45.4 Å². The average Bonchev–Trinajstić information content (AvgIpc) is 2.73. The normalized spacial score (nSPS) is 9.94. The Hall–Kier alpha value is -1.86. The van der Waals surface area contributed by atoms with Gasteiger partial charge in [0, 0.05) is 11.1 Å². The van der Waals surface area contributed by atoms with Gasteiger partial charge in [0.2, 0.25) is 0 Å². The molecule has 0 aliphatic rings. The Balaban J connectivity index is 2.12. The van der Waals surface area contributed by atoms with Gasteiger partial charge in [0.1, 0.15) is 6.07 Å². The molecule has 3 nitrogen and oxygen atoms in total. The van der Waals surface area contributed by atoms with E-state index >= 15 is 0 Å². The SMILES string of the molecule is Cc1ccc(NCc2cnc(C)s2)c(C#N)c1. The van der Waals surface area contributed by atoms with Crippen LogP contribution in [-0.4, -0.2) is 4.98 Å². The summed E-state index contributed by atoms with van der Waals surface area (Å²) in [5.74, 6) is 0. The van der Waals surface area contributed by atoms with Crippen LogP contribution in [0.5, 0.6) is 0 Å². The zero-order valence-corrected chi connectivity index (χ0v) is 10.6. The number of aryl methyl sites for hydroxylation is 2. The van der Waals surface area contributed by atoms with Crippen molar-refractivity contribution in [1.29, 1.82) is 5.26 Å². The Labute approximate surface area is 105 Å². The molecule has 1 aromatic carbocycles. The number of nitrogens with zero attached hydrogens (tertiary/aromatic N) is 2. The first-order valence-electron chi connectivity index (χ1n) is 5.35. The fraction of sp³-hybridized carbons (Fsp3) is 0.231. The van der Waals surface area contributed by atoms with E-state index in [1.165, 1.54) is 4.88 Å². The number of benzene rings is 1. The van der Waals surface area contributed by atoms with E-state index in [-0.39, 0.29) is 0 Å². The standard InChI is InChI=1S/C13H13N3S/c1-9-3-4-13(11(5-9)6-14)16-8-12-7-15-10(2)17-12/h3-5,7,16H,8H2,1-2H3. The molecule has 0 saturated heterocycles. The van der Waals surface area contributed by atoms with Crippen LogP contribution in [0.2, 0.25) is 0 Å². The van der Waals surface area contributed by atoms with Crippen LogP contribution in [0.3, 0.4) is 0 Å². The van der Waals surface area contributed by atoms with Crippen molar-refractivity contribution < 1.29 is 0 Å². The van der Waals surface area contributed by atoms with Crippen molar-refractivity contribution in [3.8, 4) is 6.07 Å². The van der Waals surface area contributed by atoms with E-state index in [0.29, 0.717) is 12.1 Å². The monoisotopic (exact) mass is 243 g/mol. The maximum Gasteiger partial charge on any atom is 0.101 e. The molecule has 2 rings (SSSR count). The Morgan fingerprint density at radius 3 is 2.88 bits per heavy atom. The minimum Gasteiger partial charge on any atom is -0.379 e. The molecule has 1 heterocycles. The topological polar surface area (TPSA) is 48.7 Å². The summed E-state index contributed by atoms with van der Waals surface area (Å²) in [5.41, 5.74) is 2.66. The maximum absolute atomic E-state index is 9.04. The number of rotatable bonds is 3. The summed E-state index contributed by atoms with van der Waals surface area (Å²) >= 11 is 1.67. The van der Waals surface area contributed by atoms with E-state index in [0.717, 1.165) is 16.3 Å². The third kappa shape index (κ3) is 2.83. The molecule has 0 aliphatic heterocycles. The van der Waals surface area contributed by atoms with E-state index in [1.54, 1.807) is 11.3 Å². The van der Waals surface area contributed by atoms with Crippen LogP contribution in [0, 0.1) is 25.2 Å². The van der Waals surface area contributed by atoms with Crippen LogP contribution in [0.1, 0.15) is 21.0 Å². The number of hydrogen-bond donors (Lipinski definition) is 1. The fourth-order valence-electron chi connectivity index (χ4n) is 1.57. The van der Waals surface area contributed by atoms with E-state index in [4.69, 9.17) is 5.26 Å². The lowest BCUT2D eigenvalue weighted by molar-refractivity contribution is 1.16. The van der Waals surface area contributed by atoms with E-state index < -0.39 is 0 Å². The maximum atomic E-state index is 9.04. The van der Waals surface area contributed by atoms with Gasteiger partial charge >= 0.3 is 0 Å². The smallest absolute Gasteiger partial charge is 0.101 e. The highest BCUT2D eigenvalue weighted by atomic mass is 32.1. The first kappa shape index (κ1) is 11.6. The fourth-order valence-corrected chi connectivity index (χ4v) is 2.31. The number of aromatic nitrogens is 1. The summed E-state index contributed by atoms with van der Waals surface area (Å²) in [6.07, 6.45) is 1.87. The Bertz CT molecular complexity index is 566. The van der Waals surface area contributed by atoms with Crippen LogP contribution in [0.4, 0.5) is 5.69 Å². The first-order valence-corrected chi connectivity index (χ1v) is 6.16. The van der Waals surface area contributed by atoms with Gasteiger partial charge in [-0.1, -0.05) is 6.07 Å². The average molecular weight is 243 g/mol. The van der Waals surface area contributed by atoms with Crippen LogP contribution in [0.25, 0.3) is 0 Å². The van der Waals surface area contributed by atoms with Crippen LogP contribution in [-0.2, 0) is 6.54 Å². The number of thiazole rings is 1. The molecule has 1 aromatic heterocycles. The summed E-state index contributed by atoms with van der Waals surface area (Å²) in [4.78, 5) is 5.37. The van der Waals surface area contributed by atoms with Crippen LogP contribution < -0.4 is 5.32 Å². The second-order valence-corrected chi connectivity index (χ2v) is 5.18. The Morgan fingerprint density at radius 2 is 2.24 bits per heavy atom. The molecule has 0 fully saturated rings. The predicted octanol–water partition coefficient (Wildman–Crippen LogP) is 3.24. The van der Waals surface area contributed by atoms with Gasteiger partial charge in [0.25, 0.3) is 0 Å². The lowest BCUT2D eigenvalue weighted by Gasteiger charge is -2.07. The van der Waals surface area contributed by atoms with Gasteiger partial charge in [-0.25, -0.2) is 4.98 Å². The minimum atomic E-state index is 0.686. The zero-order valence-electron chi connectivity index (χ0n) is 9.82. The Morgan fingerprint density at radius 1 is 1.41 bits per heavy atom. The molecule has 0 amide bonds. The predicted molar refractivity (Wildman–Crippen MR) is 70.1 cm³/mol. The second-order valence-electron chi connectivity index (χ2n) is 3.86. The second kappa shape index (κ2) is 4.98. The van der Waals surface area contributed by atoms with Crippen molar-refractivity contribution in [2.75, 3.05) is 5.32 Å². The molecule has 0 aliphatic carbocycles.